The van der Waals surface area contributed by atoms with E-state index in [1.165, 1.54) is 36.4 Å². The highest BCUT2D eigenvalue weighted by atomic mass is 35.5. The summed E-state index contributed by atoms with van der Waals surface area (Å²) in [5, 5.41) is 30.6. The Labute approximate surface area is 124 Å². The molecule has 0 atom stereocenters. The Balaban J connectivity index is 2.38. The number of phenolic OH excluding ortho intramolecular Hbond substituents is 2. The Hall–Kier alpha value is -2.73. The number of benzene rings is 2. The maximum absolute atomic E-state index is 12.1. The van der Waals surface area contributed by atoms with E-state index in [9.17, 15) is 19.8 Å². The van der Waals surface area contributed by atoms with Crippen LogP contribution in [0.25, 0.3) is 0 Å². The zero-order valence-corrected chi connectivity index (χ0v) is 11.3. The monoisotopic (exact) mass is 307 g/mol. The molecule has 2 rings (SSSR count). The van der Waals surface area contributed by atoms with Crippen LogP contribution < -0.4 is 5.32 Å². The molecule has 1 amide bonds. The maximum Gasteiger partial charge on any atom is 0.337 e. The normalized spacial score (nSPS) is 10.1. The lowest BCUT2D eigenvalue weighted by Gasteiger charge is -2.10. The van der Waals surface area contributed by atoms with Crippen LogP contribution in [-0.2, 0) is 0 Å². The van der Waals surface area contributed by atoms with Gasteiger partial charge in [0.1, 0.15) is 0 Å². The maximum atomic E-state index is 12.1. The van der Waals surface area contributed by atoms with E-state index in [1.54, 1.807) is 0 Å². The number of carboxylic acid groups (broad SMARTS) is 1. The summed E-state index contributed by atoms with van der Waals surface area (Å²) in [6.45, 7) is 0. The molecule has 0 saturated heterocycles. The quantitative estimate of drug-likeness (QED) is 0.652. The van der Waals surface area contributed by atoms with Crippen molar-refractivity contribution in [3.63, 3.8) is 0 Å². The number of aromatic carboxylic acids is 1. The van der Waals surface area contributed by atoms with Gasteiger partial charge in [0.15, 0.2) is 11.5 Å². The molecule has 21 heavy (non-hydrogen) atoms. The molecule has 0 aliphatic rings. The minimum atomic E-state index is -1.23. The molecular formula is C14H10ClNO5. The third-order valence-electron chi connectivity index (χ3n) is 2.72. The van der Waals surface area contributed by atoms with E-state index in [2.05, 4.69) is 5.32 Å². The van der Waals surface area contributed by atoms with Crippen molar-refractivity contribution in [2.24, 2.45) is 0 Å². The standard InChI is InChI=1S/C14H10ClNO5/c15-7-4-5-8(14(20)21)10(6-7)16-13(19)9-2-1-3-11(17)12(9)18/h1-6,17-18H,(H,16,19)(H,20,21). The SMILES string of the molecule is O=C(O)c1ccc(Cl)cc1NC(=O)c1cccc(O)c1O. The predicted molar refractivity (Wildman–Crippen MR) is 76.1 cm³/mol. The average Bonchev–Trinajstić information content (AvgIpc) is 2.41. The molecule has 0 spiro atoms. The summed E-state index contributed by atoms with van der Waals surface area (Å²) in [6, 6.07) is 7.79. The smallest absolute Gasteiger partial charge is 0.337 e. The molecule has 0 saturated carbocycles. The van der Waals surface area contributed by atoms with Crippen LogP contribution in [0.4, 0.5) is 5.69 Å². The molecule has 0 radical (unpaired) electrons. The number of rotatable bonds is 3. The summed E-state index contributed by atoms with van der Waals surface area (Å²) in [4.78, 5) is 23.1. The van der Waals surface area contributed by atoms with Crippen molar-refractivity contribution in [2.45, 2.75) is 0 Å². The zero-order chi connectivity index (χ0) is 15.6. The summed E-state index contributed by atoms with van der Waals surface area (Å²) in [5.74, 6) is -3.05. The van der Waals surface area contributed by atoms with Crippen molar-refractivity contribution in [2.75, 3.05) is 5.32 Å². The Morgan fingerprint density at radius 3 is 2.43 bits per heavy atom. The molecule has 2 aromatic rings. The van der Waals surface area contributed by atoms with Gasteiger partial charge in [0.2, 0.25) is 0 Å². The first-order valence-corrected chi connectivity index (χ1v) is 6.13. The van der Waals surface area contributed by atoms with Gasteiger partial charge in [-0.15, -0.1) is 0 Å². The second-order valence-electron chi connectivity index (χ2n) is 4.12. The highest BCUT2D eigenvalue weighted by Gasteiger charge is 2.17. The van der Waals surface area contributed by atoms with Crippen LogP contribution in [0.15, 0.2) is 36.4 Å². The lowest BCUT2D eigenvalue weighted by atomic mass is 10.1. The molecule has 7 heteroatoms. The molecule has 0 unspecified atom stereocenters. The number of amides is 1. The number of anilines is 1. The molecule has 2 aromatic carbocycles. The van der Waals surface area contributed by atoms with Gasteiger partial charge in [-0.2, -0.15) is 0 Å². The fourth-order valence-electron chi connectivity index (χ4n) is 1.71. The Morgan fingerprint density at radius 2 is 1.76 bits per heavy atom. The Morgan fingerprint density at radius 1 is 1.05 bits per heavy atom. The fraction of sp³-hybridized carbons (Fsp3) is 0. The second-order valence-corrected chi connectivity index (χ2v) is 4.56. The molecule has 6 nitrogen and oxygen atoms in total. The first kappa shape index (κ1) is 14.7. The number of hydrogen-bond donors (Lipinski definition) is 4. The average molecular weight is 308 g/mol. The van der Waals surface area contributed by atoms with Gasteiger partial charge in [-0.25, -0.2) is 4.79 Å². The summed E-state index contributed by atoms with van der Waals surface area (Å²) in [7, 11) is 0. The minimum absolute atomic E-state index is 0.0113. The molecule has 4 N–H and O–H groups in total. The van der Waals surface area contributed by atoms with Crippen molar-refractivity contribution < 1.29 is 24.9 Å². The molecule has 0 fully saturated rings. The van der Waals surface area contributed by atoms with Crippen LogP contribution >= 0.6 is 11.6 Å². The van der Waals surface area contributed by atoms with Crippen LogP contribution in [-0.4, -0.2) is 27.2 Å². The van der Waals surface area contributed by atoms with Crippen molar-refractivity contribution in [3.05, 3.63) is 52.5 Å². The van der Waals surface area contributed by atoms with Gasteiger partial charge in [-0.3, -0.25) is 4.79 Å². The van der Waals surface area contributed by atoms with E-state index in [4.69, 9.17) is 16.7 Å². The number of nitrogens with one attached hydrogen (secondary N) is 1. The topological polar surface area (TPSA) is 107 Å². The fourth-order valence-corrected chi connectivity index (χ4v) is 1.88. The number of halogens is 1. The number of carbonyl (C=O) groups excluding carboxylic acids is 1. The van der Waals surface area contributed by atoms with Crippen LogP contribution in [0.2, 0.25) is 5.02 Å². The van der Waals surface area contributed by atoms with Gasteiger partial charge in [-0.05, 0) is 30.3 Å². The first-order chi connectivity index (χ1) is 9.90. The van der Waals surface area contributed by atoms with E-state index in [0.29, 0.717) is 0 Å². The summed E-state index contributed by atoms with van der Waals surface area (Å²) < 4.78 is 0. The van der Waals surface area contributed by atoms with Crippen molar-refractivity contribution >= 4 is 29.2 Å². The van der Waals surface area contributed by atoms with Crippen LogP contribution in [0.3, 0.4) is 0 Å². The number of phenols is 2. The number of para-hydroxylation sites is 1. The zero-order valence-electron chi connectivity index (χ0n) is 10.5. The minimum Gasteiger partial charge on any atom is -0.504 e. The molecule has 108 valence electrons. The Bertz CT molecular complexity index is 729. The van der Waals surface area contributed by atoms with Crippen LogP contribution in [0, 0.1) is 0 Å². The van der Waals surface area contributed by atoms with Gasteiger partial charge in [0, 0.05) is 5.02 Å². The van der Waals surface area contributed by atoms with Gasteiger partial charge < -0.3 is 20.6 Å². The van der Waals surface area contributed by atoms with Crippen molar-refractivity contribution in [1.29, 1.82) is 0 Å². The van der Waals surface area contributed by atoms with Gasteiger partial charge in [-0.1, -0.05) is 17.7 Å². The summed E-state index contributed by atoms with van der Waals surface area (Å²) in [6.07, 6.45) is 0. The van der Waals surface area contributed by atoms with Crippen LogP contribution in [0.1, 0.15) is 20.7 Å². The number of aromatic hydroxyl groups is 2. The highest BCUT2D eigenvalue weighted by Crippen LogP contribution is 2.29. The number of hydrogen-bond acceptors (Lipinski definition) is 4. The summed E-state index contributed by atoms with van der Waals surface area (Å²) in [5.41, 5.74) is -0.346. The molecule has 0 bridgehead atoms. The van der Waals surface area contributed by atoms with E-state index in [-0.39, 0.29) is 21.8 Å². The van der Waals surface area contributed by atoms with Gasteiger partial charge in [0.25, 0.3) is 5.91 Å². The summed E-state index contributed by atoms with van der Waals surface area (Å²) >= 11 is 5.77. The lowest BCUT2D eigenvalue weighted by molar-refractivity contribution is 0.0698. The van der Waals surface area contributed by atoms with Gasteiger partial charge in [0.05, 0.1) is 16.8 Å². The molecule has 0 aliphatic carbocycles. The lowest BCUT2D eigenvalue weighted by Crippen LogP contribution is -2.15. The molecule has 0 heterocycles. The van der Waals surface area contributed by atoms with Crippen molar-refractivity contribution in [3.8, 4) is 11.5 Å². The highest BCUT2D eigenvalue weighted by molar-refractivity contribution is 6.31. The molecule has 0 aliphatic heterocycles. The molecule has 0 aromatic heterocycles. The Kier molecular flexibility index (Phi) is 4.00. The molecular weight excluding hydrogens is 298 g/mol. The van der Waals surface area contributed by atoms with Crippen molar-refractivity contribution in [1.82, 2.24) is 0 Å². The number of carboxylic acids is 1. The van der Waals surface area contributed by atoms with E-state index in [0.717, 1.165) is 0 Å². The van der Waals surface area contributed by atoms with Gasteiger partial charge >= 0.3 is 5.97 Å². The second kappa shape index (κ2) is 5.72. The van der Waals surface area contributed by atoms with E-state index in [1.807, 2.05) is 0 Å². The van der Waals surface area contributed by atoms with E-state index < -0.39 is 23.4 Å². The third kappa shape index (κ3) is 3.06. The predicted octanol–water partition coefficient (Wildman–Crippen LogP) is 2.70. The number of carbonyl (C=O) groups is 2. The third-order valence-corrected chi connectivity index (χ3v) is 2.95. The van der Waals surface area contributed by atoms with E-state index >= 15 is 0 Å². The first-order valence-electron chi connectivity index (χ1n) is 5.75. The van der Waals surface area contributed by atoms with Crippen LogP contribution in [0.5, 0.6) is 11.5 Å². The largest absolute Gasteiger partial charge is 0.504 e.